The molecule has 2 amide bonds. The molecule has 0 bridgehead atoms. The van der Waals surface area contributed by atoms with Crippen molar-refractivity contribution in [2.75, 3.05) is 5.32 Å². The number of benzene rings is 2. The van der Waals surface area contributed by atoms with Gasteiger partial charge < -0.3 is 15.4 Å². The zero-order chi connectivity index (χ0) is 18.6. The maximum Gasteiger partial charge on any atom is 0.408 e. The van der Waals surface area contributed by atoms with Gasteiger partial charge in [-0.2, -0.15) is 0 Å². The number of alkyl carbamates (subject to hydrolysis) is 1. The van der Waals surface area contributed by atoms with Crippen LogP contribution in [-0.4, -0.2) is 23.6 Å². The molecule has 0 heterocycles. The monoisotopic (exact) mass is 342 g/mol. The molecule has 25 heavy (non-hydrogen) atoms. The van der Waals surface area contributed by atoms with Crippen LogP contribution in [0.15, 0.2) is 42.5 Å². The molecule has 2 N–H and O–H groups in total. The first-order valence-corrected chi connectivity index (χ1v) is 8.45. The van der Waals surface area contributed by atoms with Gasteiger partial charge in [0.25, 0.3) is 0 Å². The summed E-state index contributed by atoms with van der Waals surface area (Å²) in [4.78, 5) is 24.6. The summed E-state index contributed by atoms with van der Waals surface area (Å²) in [7, 11) is 0. The minimum Gasteiger partial charge on any atom is -0.444 e. The smallest absolute Gasteiger partial charge is 0.408 e. The summed E-state index contributed by atoms with van der Waals surface area (Å²) in [6.07, 6.45) is -0.597. The molecular formula is C20H26N2O3. The van der Waals surface area contributed by atoms with Gasteiger partial charge in [-0.25, -0.2) is 4.79 Å². The van der Waals surface area contributed by atoms with Crippen LogP contribution in [0.25, 0.3) is 10.8 Å². The first-order valence-electron chi connectivity index (χ1n) is 8.45. The van der Waals surface area contributed by atoms with Gasteiger partial charge in [0.1, 0.15) is 11.6 Å². The molecule has 0 spiro atoms. The average molecular weight is 342 g/mol. The Morgan fingerprint density at radius 2 is 1.64 bits per heavy atom. The van der Waals surface area contributed by atoms with E-state index in [0.29, 0.717) is 5.69 Å². The van der Waals surface area contributed by atoms with Gasteiger partial charge >= 0.3 is 6.09 Å². The highest BCUT2D eigenvalue weighted by atomic mass is 16.6. The Morgan fingerprint density at radius 3 is 2.24 bits per heavy atom. The molecule has 0 aliphatic heterocycles. The van der Waals surface area contributed by atoms with Crippen molar-refractivity contribution in [1.29, 1.82) is 0 Å². The van der Waals surface area contributed by atoms with Gasteiger partial charge in [0.2, 0.25) is 5.91 Å². The topological polar surface area (TPSA) is 67.4 Å². The van der Waals surface area contributed by atoms with Crippen molar-refractivity contribution >= 4 is 28.5 Å². The molecule has 2 aromatic carbocycles. The lowest BCUT2D eigenvalue weighted by molar-refractivity contribution is -0.119. The van der Waals surface area contributed by atoms with E-state index < -0.39 is 17.7 Å². The zero-order valence-electron chi connectivity index (χ0n) is 15.4. The average Bonchev–Trinajstić information content (AvgIpc) is 2.50. The van der Waals surface area contributed by atoms with Gasteiger partial charge in [-0.3, -0.25) is 4.79 Å². The SMILES string of the molecule is CC(C)C(NC(=O)OC(C)(C)C)C(=O)Nc1ccc2ccccc2c1. The third-order valence-electron chi connectivity index (χ3n) is 3.64. The molecule has 1 unspecified atom stereocenters. The minimum absolute atomic E-state index is 0.0759. The molecule has 0 saturated heterocycles. The molecule has 5 nitrogen and oxygen atoms in total. The van der Waals surface area contributed by atoms with Crippen molar-refractivity contribution in [3.05, 3.63) is 42.5 Å². The molecule has 2 rings (SSSR count). The largest absolute Gasteiger partial charge is 0.444 e. The van der Waals surface area contributed by atoms with Gasteiger partial charge in [-0.15, -0.1) is 0 Å². The molecule has 0 radical (unpaired) electrons. The Bertz CT molecular complexity index is 763. The molecule has 0 fully saturated rings. The first-order chi connectivity index (χ1) is 11.7. The van der Waals surface area contributed by atoms with Crippen molar-refractivity contribution in [1.82, 2.24) is 5.32 Å². The second kappa shape index (κ2) is 7.55. The standard InChI is InChI=1S/C20H26N2O3/c1-13(2)17(22-19(24)25-20(3,4)5)18(23)21-16-11-10-14-8-6-7-9-15(14)12-16/h6-13,17H,1-5H3,(H,21,23)(H,22,24). The van der Waals surface area contributed by atoms with Crippen LogP contribution in [0.2, 0.25) is 0 Å². The quantitative estimate of drug-likeness (QED) is 0.869. The number of ether oxygens (including phenoxy) is 1. The second-order valence-corrected chi connectivity index (χ2v) is 7.42. The van der Waals surface area contributed by atoms with E-state index in [2.05, 4.69) is 10.6 Å². The van der Waals surface area contributed by atoms with E-state index in [1.54, 1.807) is 20.8 Å². The van der Waals surface area contributed by atoms with E-state index in [9.17, 15) is 9.59 Å². The van der Waals surface area contributed by atoms with Crippen LogP contribution < -0.4 is 10.6 Å². The molecule has 1 atom stereocenters. The van der Waals surface area contributed by atoms with E-state index in [1.165, 1.54) is 0 Å². The fourth-order valence-corrected chi connectivity index (χ4v) is 2.46. The predicted octanol–water partition coefficient (Wildman–Crippen LogP) is 4.33. The number of fused-ring (bicyclic) bond motifs is 1. The van der Waals surface area contributed by atoms with Crippen LogP contribution in [0.1, 0.15) is 34.6 Å². The van der Waals surface area contributed by atoms with E-state index in [-0.39, 0.29) is 11.8 Å². The highest BCUT2D eigenvalue weighted by Crippen LogP contribution is 2.19. The number of amides is 2. The Morgan fingerprint density at radius 1 is 1.00 bits per heavy atom. The zero-order valence-corrected chi connectivity index (χ0v) is 15.4. The molecule has 0 aliphatic carbocycles. The molecule has 0 aromatic heterocycles. The van der Waals surface area contributed by atoms with Crippen molar-refractivity contribution in [2.24, 2.45) is 5.92 Å². The van der Waals surface area contributed by atoms with Gasteiger partial charge in [0.15, 0.2) is 0 Å². The lowest BCUT2D eigenvalue weighted by atomic mass is 10.0. The number of rotatable bonds is 4. The Labute approximate surface area is 148 Å². The maximum absolute atomic E-state index is 12.6. The first kappa shape index (κ1) is 18.8. The van der Waals surface area contributed by atoms with Crippen molar-refractivity contribution in [3.63, 3.8) is 0 Å². The van der Waals surface area contributed by atoms with Crippen LogP contribution >= 0.6 is 0 Å². The van der Waals surface area contributed by atoms with E-state index >= 15 is 0 Å². The molecule has 0 saturated carbocycles. The predicted molar refractivity (Wildman–Crippen MR) is 101 cm³/mol. The summed E-state index contributed by atoms with van der Waals surface area (Å²) in [5, 5.41) is 7.68. The van der Waals surface area contributed by atoms with E-state index in [1.807, 2.05) is 56.3 Å². The summed E-state index contributed by atoms with van der Waals surface area (Å²) < 4.78 is 5.25. The number of carbonyl (C=O) groups excluding carboxylic acids is 2. The number of hydrogen-bond donors (Lipinski definition) is 2. The maximum atomic E-state index is 12.6. The van der Waals surface area contributed by atoms with Crippen LogP contribution in [0.5, 0.6) is 0 Å². The summed E-state index contributed by atoms with van der Waals surface area (Å²) >= 11 is 0. The van der Waals surface area contributed by atoms with Crippen LogP contribution in [0.4, 0.5) is 10.5 Å². The highest BCUT2D eigenvalue weighted by molar-refractivity contribution is 5.98. The Balaban J connectivity index is 2.09. The number of anilines is 1. The van der Waals surface area contributed by atoms with Crippen LogP contribution in [-0.2, 0) is 9.53 Å². The van der Waals surface area contributed by atoms with Crippen molar-refractivity contribution in [3.8, 4) is 0 Å². The fraction of sp³-hybridized carbons (Fsp3) is 0.400. The van der Waals surface area contributed by atoms with E-state index in [4.69, 9.17) is 4.74 Å². The van der Waals surface area contributed by atoms with Crippen molar-refractivity contribution in [2.45, 2.75) is 46.3 Å². The number of hydrogen-bond acceptors (Lipinski definition) is 3. The third kappa shape index (κ3) is 5.48. The molecular weight excluding hydrogens is 316 g/mol. The lowest BCUT2D eigenvalue weighted by Crippen LogP contribution is -2.48. The molecule has 2 aromatic rings. The Kier molecular flexibility index (Phi) is 5.67. The summed E-state index contributed by atoms with van der Waals surface area (Å²) in [5.41, 5.74) is 0.0841. The normalized spacial score (nSPS) is 12.7. The van der Waals surface area contributed by atoms with Crippen molar-refractivity contribution < 1.29 is 14.3 Å². The molecule has 0 aliphatic rings. The minimum atomic E-state index is -0.679. The van der Waals surface area contributed by atoms with Gasteiger partial charge in [-0.05, 0) is 49.6 Å². The summed E-state index contributed by atoms with van der Waals surface area (Å²) in [6.45, 7) is 9.11. The van der Waals surface area contributed by atoms with Gasteiger partial charge in [0, 0.05) is 5.69 Å². The fourth-order valence-electron chi connectivity index (χ4n) is 2.46. The second-order valence-electron chi connectivity index (χ2n) is 7.42. The molecule has 134 valence electrons. The molecule has 5 heteroatoms. The third-order valence-corrected chi connectivity index (χ3v) is 3.64. The van der Waals surface area contributed by atoms with Gasteiger partial charge in [-0.1, -0.05) is 44.2 Å². The summed E-state index contributed by atoms with van der Waals surface area (Å²) in [6, 6.07) is 13.0. The van der Waals surface area contributed by atoms with Crippen LogP contribution in [0, 0.1) is 5.92 Å². The highest BCUT2D eigenvalue weighted by Gasteiger charge is 2.27. The van der Waals surface area contributed by atoms with Crippen LogP contribution in [0.3, 0.4) is 0 Å². The van der Waals surface area contributed by atoms with Gasteiger partial charge in [0.05, 0.1) is 0 Å². The number of carbonyl (C=O) groups is 2. The number of nitrogens with one attached hydrogen (secondary N) is 2. The lowest BCUT2D eigenvalue weighted by Gasteiger charge is -2.25. The van der Waals surface area contributed by atoms with E-state index in [0.717, 1.165) is 10.8 Å². The summed E-state index contributed by atoms with van der Waals surface area (Å²) in [5.74, 6) is -0.343. The Hall–Kier alpha value is -2.56.